The van der Waals surface area contributed by atoms with Crippen LogP contribution in [0.4, 0.5) is 0 Å². The lowest BCUT2D eigenvalue weighted by Crippen LogP contribution is -3.00. The van der Waals surface area contributed by atoms with Crippen molar-refractivity contribution in [1.82, 2.24) is 0 Å². The number of pyridine rings is 1. The summed E-state index contributed by atoms with van der Waals surface area (Å²) in [5.41, 5.74) is 1.84. The number of Topliss-reactive ketones (excluding diaryl/α,β-unsaturated/α-hetero) is 1. The van der Waals surface area contributed by atoms with Crippen molar-refractivity contribution >= 4 is 5.78 Å². The summed E-state index contributed by atoms with van der Waals surface area (Å²) in [4.78, 5) is 12.1. The molecule has 0 spiro atoms. The fraction of sp³-hybridized carbons (Fsp3) is 0.200. The Labute approximate surface area is 130 Å². The fourth-order valence-electron chi connectivity index (χ4n) is 1.79. The average Bonchev–Trinajstić information content (AvgIpc) is 2.39. The van der Waals surface area contributed by atoms with Crippen LogP contribution in [0, 0.1) is 6.92 Å². The number of hydrogen-bond donors (Lipinski definition) is 0. The number of carbonyl (C=O) groups excluding carboxylic acids is 1. The lowest BCUT2D eigenvalue weighted by Gasteiger charge is -2.01. The maximum absolute atomic E-state index is 12.1. The number of aromatic nitrogens is 1. The predicted molar refractivity (Wildman–Crippen MR) is 68.7 cm³/mol. The molecule has 0 fully saturated rings. The Morgan fingerprint density at radius 1 is 1.21 bits per heavy atom. The van der Waals surface area contributed by atoms with Crippen LogP contribution in [0.3, 0.4) is 0 Å². The first kappa shape index (κ1) is 15.6. The van der Waals surface area contributed by atoms with Gasteiger partial charge in [-0.15, -0.1) is 0 Å². The van der Waals surface area contributed by atoms with Gasteiger partial charge in [0.1, 0.15) is 5.75 Å². The number of carbonyl (C=O) groups is 1. The molecule has 0 aliphatic rings. The van der Waals surface area contributed by atoms with Gasteiger partial charge in [-0.05, 0) is 37.3 Å². The Morgan fingerprint density at radius 3 is 2.47 bits per heavy atom. The van der Waals surface area contributed by atoms with Crippen molar-refractivity contribution in [2.45, 2.75) is 13.5 Å². The summed E-state index contributed by atoms with van der Waals surface area (Å²) in [7, 11) is 1.61. The van der Waals surface area contributed by atoms with Crippen LogP contribution < -0.4 is 33.3 Å². The molecule has 4 heteroatoms. The Kier molecular flexibility index (Phi) is 5.95. The number of rotatable bonds is 4. The second-order valence-electron chi connectivity index (χ2n) is 4.21. The quantitative estimate of drug-likeness (QED) is 0.401. The highest BCUT2D eigenvalue weighted by Crippen LogP contribution is 2.11. The molecule has 0 saturated carbocycles. The minimum Gasteiger partial charge on any atom is -1.00 e. The molecule has 19 heavy (non-hydrogen) atoms. The predicted octanol–water partition coefficient (Wildman–Crippen LogP) is -0.822. The number of aryl methyl sites for hydroxylation is 1. The number of halogens is 1. The van der Waals surface area contributed by atoms with Crippen LogP contribution in [0.5, 0.6) is 5.75 Å². The van der Waals surface area contributed by atoms with Crippen molar-refractivity contribution in [1.29, 1.82) is 0 Å². The molecule has 1 aromatic carbocycles. The van der Waals surface area contributed by atoms with E-state index in [4.69, 9.17) is 4.74 Å². The highest BCUT2D eigenvalue weighted by molar-refractivity contribution is 5.95. The van der Waals surface area contributed by atoms with Crippen LogP contribution in [0.1, 0.15) is 15.9 Å². The maximum Gasteiger partial charge on any atom is 0.227 e. The largest absolute Gasteiger partial charge is 1.00 e. The highest BCUT2D eigenvalue weighted by Gasteiger charge is 2.11. The van der Waals surface area contributed by atoms with Crippen molar-refractivity contribution in [3.05, 3.63) is 59.9 Å². The monoisotopic (exact) mass is 369 g/mol. The van der Waals surface area contributed by atoms with Gasteiger partial charge in [-0.25, -0.2) is 0 Å². The van der Waals surface area contributed by atoms with Crippen LogP contribution in [-0.2, 0) is 6.54 Å². The van der Waals surface area contributed by atoms with E-state index in [1.807, 2.05) is 36.0 Å². The van der Waals surface area contributed by atoms with Gasteiger partial charge in [0.2, 0.25) is 12.3 Å². The minimum atomic E-state index is 0. The molecule has 0 saturated heterocycles. The zero-order chi connectivity index (χ0) is 13.0. The molecule has 0 aliphatic heterocycles. The summed E-state index contributed by atoms with van der Waals surface area (Å²) < 4.78 is 6.96. The van der Waals surface area contributed by atoms with E-state index in [-0.39, 0.29) is 29.8 Å². The zero-order valence-corrected chi connectivity index (χ0v) is 13.1. The molecule has 0 radical (unpaired) electrons. The molecule has 0 bridgehead atoms. The molecule has 1 aromatic heterocycles. The van der Waals surface area contributed by atoms with Gasteiger partial charge in [-0.2, -0.15) is 4.57 Å². The van der Waals surface area contributed by atoms with Crippen LogP contribution in [0.15, 0.2) is 48.8 Å². The summed E-state index contributed by atoms with van der Waals surface area (Å²) in [5, 5.41) is 0. The lowest BCUT2D eigenvalue weighted by atomic mass is 10.1. The first-order chi connectivity index (χ1) is 8.69. The van der Waals surface area contributed by atoms with Crippen LogP contribution in [0.2, 0.25) is 0 Å². The minimum absolute atomic E-state index is 0. The van der Waals surface area contributed by atoms with Gasteiger partial charge in [0, 0.05) is 17.2 Å². The molecule has 2 rings (SSSR count). The van der Waals surface area contributed by atoms with Gasteiger partial charge in [-0.3, -0.25) is 4.79 Å². The van der Waals surface area contributed by atoms with Crippen molar-refractivity contribution in [3.63, 3.8) is 0 Å². The molecule has 0 N–H and O–H groups in total. The average molecular weight is 369 g/mol. The number of hydrogen-bond acceptors (Lipinski definition) is 2. The highest BCUT2D eigenvalue weighted by atomic mass is 127. The third-order valence-electron chi connectivity index (χ3n) is 2.74. The summed E-state index contributed by atoms with van der Waals surface area (Å²) in [5.74, 6) is 0.850. The number of methoxy groups -OCH3 is 1. The second-order valence-corrected chi connectivity index (χ2v) is 4.21. The van der Waals surface area contributed by atoms with E-state index in [2.05, 4.69) is 0 Å². The number of ketones is 1. The van der Waals surface area contributed by atoms with E-state index in [9.17, 15) is 4.79 Å². The van der Waals surface area contributed by atoms with Gasteiger partial charge < -0.3 is 28.7 Å². The van der Waals surface area contributed by atoms with Gasteiger partial charge >= 0.3 is 0 Å². The third kappa shape index (κ3) is 4.31. The molecule has 1 heterocycles. The normalized spacial score (nSPS) is 9.58. The molecule has 0 atom stereocenters. The topological polar surface area (TPSA) is 30.2 Å². The molecule has 2 aromatic rings. The molecule has 0 amide bonds. The molecular weight excluding hydrogens is 353 g/mol. The Morgan fingerprint density at radius 2 is 1.89 bits per heavy atom. The summed E-state index contributed by atoms with van der Waals surface area (Å²) in [6.07, 6.45) is 3.86. The molecule has 100 valence electrons. The van der Waals surface area contributed by atoms with Crippen molar-refractivity contribution in [2.75, 3.05) is 7.11 Å². The van der Waals surface area contributed by atoms with Crippen LogP contribution in [0.25, 0.3) is 0 Å². The van der Waals surface area contributed by atoms with Crippen molar-refractivity contribution < 1.29 is 38.1 Å². The fourth-order valence-corrected chi connectivity index (χ4v) is 1.79. The van der Waals surface area contributed by atoms with Gasteiger partial charge in [0.15, 0.2) is 12.4 Å². The van der Waals surface area contributed by atoms with E-state index < -0.39 is 0 Å². The van der Waals surface area contributed by atoms with E-state index in [1.54, 1.807) is 31.4 Å². The standard InChI is InChI=1S/C15H16NO2.HI/c1-12-4-3-9-16(10-12)11-15(17)13-5-7-14(18-2)8-6-13;/h3-10H,11H2,1-2H3;1H/q+1;/p-1. The van der Waals surface area contributed by atoms with Gasteiger partial charge in [0.05, 0.1) is 7.11 Å². The van der Waals surface area contributed by atoms with Gasteiger partial charge in [0.25, 0.3) is 0 Å². The second kappa shape index (κ2) is 7.23. The SMILES string of the molecule is COc1ccc(C(=O)C[n+]2cccc(C)c2)cc1.[I-]. The van der Waals surface area contributed by atoms with E-state index in [0.717, 1.165) is 11.3 Å². The smallest absolute Gasteiger partial charge is 0.227 e. The number of benzene rings is 1. The first-order valence-corrected chi connectivity index (χ1v) is 5.82. The van der Waals surface area contributed by atoms with Crippen molar-refractivity contribution in [2.24, 2.45) is 0 Å². The first-order valence-electron chi connectivity index (χ1n) is 5.82. The molecule has 3 nitrogen and oxygen atoms in total. The summed E-state index contributed by atoms with van der Waals surface area (Å²) >= 11 is 0. The summed E-state index contributed by atoms with van der Waals surface area (Å²) in [6.45, 7) is 2.36. The van der Waals surface area contributed by atoms with E-state index >= 15 is 0 Å². The summed E-state index contributed by atoms with van der Waals surface area (Å²) in [6, 6.07) is 11.1. The van der Waals surface area contributed by atoms with Crippen molar-refractivity contribution in [3.8, 4) is 5.75 Å². The Balaban J connectivity index is 0.00000180. The Hall–Kier alpha value is -1.43. The number of nitrogens with zero attached hydrogens (tertiary/aromatic N) is 1. The van der Waals surface area contributed by atoms with Crippen LogP contribution >= 0.6 is 0 Å². The molecule has 0 aliphatic carbocycles. The van der Waals surface area contributed by atoms with E-state index in [0.29, 0.717) is 12.1 Å². The zero-order valence-electron chi connectivity index (χ0n) is 11.0. The van der Waals surface area contributed by atoms with Gasteiger partial charge in [-0.1, -0.05) is 0 Å². The van der Waals surface area contributed by atoms with E-state index in [1.165, 1.54) is 0 Å². The Bertz CT molecular complexity index is 552. The molecule has 0 unspecified atom stereocenters. The van der Waals surface area contributed by atoms with Crippen LogP contribution in [-0.4, -0.2) is 12.9 Å². The lowest BCUT2D eigenvalue weighted by molar-refractivity contribution is -0.683. The third-order valence-corrected chi connectivity index (χ3v) is 2.74. The molecular formula is C15H16INO2. The number of ether oxygens (including phenoxy) is 1. The maximum atomic E-state index is 12.1.